The van der Waals surface area contributed by atoms with Gasteiger partial charge >= 0.3 is 0 Å². The Kier molecular flexibility index (Phi) is 4.02. The highest BCUT2D eigenvalue weighted by molar-refractivity contribution is 6.76. The zero-order chi connectivity index (χ0) is 11.8. The summed E-state index contributed by atoms with van der Waals surface area (Å²) in [5.41, 5.74) is 0.990. The monoisotopic (exact) mass is 216 g/mol. The molecule has 0 N–H and O–H groups in total. The molecule has 0 rings (SSSR count). The summed E-state index contributed by atoms with van der Waals surface area (Å²) in [6.45, 7) is 18.6. The minimum absolute atomic E-state index is 0.300. The van der Waals surface area contributed by atoms with Crippen molar-refractivity contribution in [3.05, 3.63) is 0 Å². The van der Waals surface area contributed by atoms with Gasteiger partial charge in [0.15, 0.2) is 8.32 Å². The zero-order valence-corrected chi connectivity index (χ0v) is 12.5. The second-order valence-electron chi connectivity index (χ2n) is 6.65. The second-order valence-corrected chi connectivity index (χ2v) is 11.6. The highest BCUT2D eigenvalue weighted by Crippen LogP contribution is 2.50. The van der Waals surface area contributed by atoms with E-state index in [0.29, 0.717) is 16.0 Å². The molecule has 0 amide bonds. The topological polar surface area (TPSA) is 9.23 Å². The van der Waals surface area contributed by atoms with Crippen molar-refractivity contribution in [3.8, 4) is 0 Å². The van der Waals surface area contributed by atoms with Crippen LogP contribution in [0.25, 0.3) is 0 Å². The molecule has 0 fully saturated rings. The van der Waals surface area contributed by atoms with Crippen LogP contribution in [0.15, 0.2) is 0 Å². The quantitative estimate of drug-likeness (QED) is 0.620. The van der Waals surface area contributed by atoms with Crippen molar-refractivity contribution in [2.45, 2.75) is 65.6 Å². The molecule has 14 heavy (non-hydrogen) atoms. The first-order chi connectivity index (χ1) is 5.97. The van der Waals surface area contributed by atoms with Crippen LogP contribution in [0.2, 0.25) is 17.1 Å². The molecule has 0 radical (unpaired) electrons. The molecule has 0 spiro atoms. The molecule has 86 valence electrons. The molecule has 0 aliphatic carbocycles. The first kappa shape index (κ1) is 14.2. The number of rotatable bonds is 2. The van der Waals surface area contributed by atoms with Crippen molar-refractivity contribution >= 4 is 8.32 Å². The fourth-order valence-corrected chi connectivity index (χ4v) is 5.88. The fraction of sp³-hybridized carbons (Fsp3) is 1.00. The molecule has 0 aromatic carbocycles. The van der Waals surface area contributed by atoms with Crippen LogP contribution >= 0.6 is 0 Å². The lowest BCUT2D eigenvalue weighted by Crippen LogP contribution is -2.50. The lowest BCUT2D eigenvalue weighted by Gasteiger charge is -2.47. The van der Waals surface area contributed by atoms with E-state index in [2.05, 4.69) is 55.0 Å². The zero-order valence-electron chi connectivity index (χ0n) is 11.5. The fourth-order valence-electron chi connectivity index (χ4n) is 1.96. The molecular weight excluding hydrogens is 188 g/mol. The standard InChI is InChI=1S/C12H28OSi/c1-10(11(2,3)4)14(9,13-8)12(5,6)7/h10H,1-9H3. The predicted octanol–water partition coefficient (Wildman–Crippen LogP) is 4.44. The third kappa shape index (κ3) is 2.60. The van der Waals surface area contributed by atoms with Gasteiger partial charge in [-0.15, -0.1) is 0 Å². The van der Waals surface area contributed by atoms with Crippen molar-refractivity contribution in [2.75, 3.05) is 7.11 Å². The minimum Gasteiger partial charge on any atom is -0.419 e. The molecule has 0 heterocycles. The molecule has 2 unspecified atom stereocenters. The van der Waals surface area contributed by atoms with Gasteiger partial charge < -0.3 is 4.43 Å². The van der Waals surface area contributed by atoms with Crippen LogP contribution in [0.1, 0.15) is 48.5 Å². The Morgan fingerprint density at radius 3 is 1.43 bits per heavy atom. The van der Waals surface area contributed by atoms with Gasteiger partial charge in [0, 0.05) is 7.11 Å². The molecule has 0 aromatic rings. The summed E-state index contributed by atoms with van der Waals surface area (Å²) in [4.78, 5) is 0. The van der Waals surface area contributed by atoms with Crippen molar-refractivity contribution in [2.24, 2.45) is 5.41 Å². The molecule has 0 aromatic heterocycles. The minimum atomic E-state index is -1.66. The Bertz CT molecular complexity index is 187. The van der Waals surface area contributed by atoms with E-state index in [1.54, 1.807) is 0 Å². The van der Waals surface area contributed by atoms with Gasteiger partial charge in [0.2, 0.25) is 0 Å². The first-order valence-electron chi connectivity index (χ1n) is 5.52. The Morgan fingerprint density at radius 2 is 1.36 bits per heavy atom. The molecule has 2 atom stereocenters. The summed E-state index contributed by atoms with van der Waals surface area (Å²) < 4.78 is 5.93. The molecule has 0 bridgehead atoms. The van der Waals surface area contributed by atoms with Crippen LogP contribution in [0.3, 0.4) is 0 Å². The molecule has 0 saturated heterocycles. The van der Waals surface area contributed by atoms with E-state index in [0.717, 1.165) is 0 Å². The highest BCUT2D eigenvalue weighted by atomic mass is 28.4. The van der Waals surface area contributed by atoms with E-state index in [4.69, 9.17) is 4.43 Å². The number of hydrogen-bond acceptors (Lipinski definition) is 1. The van der Waals surface area contributed by atoms with Gasteiger partial charge in [0.25, 0.3) is 0 Å². The smallest absolute Gasteiger partial charge is 0.197 e. The largest absolute Gasteiger partial charge is 0.419 e. The van der Waals surface area contributed by atoms with Gasteiger partial charge in [-0.3, -0.25) is 0 Å². The van der Waals surface area contributed by atoms with E-state index in [-0.39, 0.29) is 0 Å². The summed E-state index contributed by atoms with van der Waals surface area (Å²) >= 11 is 0. The summed E-state index contributed by atoms with van der Waals surface area (Å²) in [5.74, 6) is 0. The van der Waals surface area contributed by atoms with Crippen LogP contribution in [-0.4, -0.2) is 15.4 Å². The molecule has 1 nitrogen and oxygen atoms in total. The second kappa shape index (κ2) is 3.97. The summed E-state index contributed by atoms with van der Waals surface area (Å²) in [7, 11) is 0.225. The molecular formula is C12H28OSi. The van der Waals surface area contributed by atoms with Crippen LogP contribution in [0.5, 0.6) is 0 Å². The van der Waals surface area contributed by atoms with Gasteiger partial charge in [-0.2, -0.15) is 0 Å². The Morgan fingerprint density at radius 1 is 1.00 bits per heavy atom. The van der Waals surface area contributed by atoms with Crippen LogP contribution in [0, 0.1) is 5.41 Å². The van der Waals surface area contributed by atoms with Gasteiger partial charge in [-0.25, -0.2) is 0 Å². The Balaban J connectivity index is 5.07. The third-order valence-corrected chi connectivity index (χ3v) is 10.4. The van der Waals surface area contributed by atoms with Gasteiger partial charge in [-0.05, 0) is 22.5 Å². The van der Waals surface area contributed by atoms with E-state index in [1.807, 2.05) is 7.11 Å². The SMILES string of the molecule is CO[Si](C)(C(C)C(C)(C)C)C(C)(C)C. The average Bonchev–Trinajstić information content (AvgIpc) is 1.97. The summed E-state index contributed by atoms with van der Waals surface area (Å²) in [5, 5.41) is 0.300. The van der Waals surface area contributed by atoms with E-state index < -0.39 is 8.32 Å². The first-order valence-corrected chi connectivity index (χ1v) is 8.00. The van der Waals surface area contributed by atoms with E-state index >= 15 is 0 Å². The normalized spacial score (nSPS) is 20.4. The van der Waals surface area contributed by atoms with Crippen LogP contribution in [-0.2, 0) is 4.43 Å². The lowest BCUT2D eigenvalue weighted by atomic mass is 9.93. The maximum Gasteiger partial charge on any atom is 0.197 e. The van der Waals surface area contributed by atoms with Crippen molar-refractivity contribution in [1.82, 2.24) is 0 Å². The molecule has 0 aliphatic rings. The third-order valence-electron chi connectivity index (χ3n) is 4.04. The van der Waals surface area contributed by atoms with E-state index in [9.17, 15) is 0 Å². The predicted molar refractivity (Wildman–Crippen MR) is 67.2 cm³/mol. The Hall–Kier alpha value is 0.177. The number of hydrogen-bond donors (Lipinski definition) is 0. The van der Waals surface area contributed by atoms with Crippen LogP contribution in [0.4, 0.5) is 0 Å². The van der Waals surface area contributed by atoms with Crippen molar-refractivity contribution in [1.29, 1.82) is 0 Å². The molecule has 0 aliphatic heterocycles. The highest BCUT2D eigenvalue weighted by Gasteiger charge is 2.49. The van der Waals surface area contributed by atoms with Gasteiger partial charge in [-0.1, -0.05) is 48.5 Å². The van der Waals surface area contributed by atoms with Crippen molar-refractivity contribution in [3.63, 3.8) is 0 Å². The summed E-state index contributed by atoms with van der Waals surface area (Å²) in [6, 6.07) is 0. The Labute approximate surface area is 91.4 Å². The van der Waals surface area contributed by atoms with Gasteiger partial charge in [0.05, 0.1) is 0 Å². The maximum atomic E-state index is 5.93. The average molecular weight is 216 g/mol. The molecule has 0 saturated carbocycles. The van der Waals surface area contributed by atoms with Gasteiger partial charge in [0.1, 0.15) is 0 Å². The lowest BCUT2D eigenvalue weighted by molar-refractivity contribution is 0.294. The molecule has 2 heteroatoms. The summed E-state index contributed by atoms with van der Waals surface area (Å²) in [6.07, 6.45) is 0. The maximum absolute atomic E-state index is 5.93. The van der Waals surface area contributed by atoms with Crippen molar-refractivity contribution < 1.29 is 4.43 Å². The van der Waals surface area contributed by atoms with Crippen LogP contribution < -0.4 is 0 Å². The van der Waals surface area contributed by atoms with E-state index in [1.165, 1.54) is 0 Å².